The normalized spacial score (nSPS) is 12.2. The molecule has 44 heavy (non-hydrogen) atoms. The summed E-state index contributed by atoms with van der Waals surface area (Å²) in [4.78, 5) is 33.8. The van der Waals surface area contributed by atoms with Crippen LogP contribution in [-0.4, -0.2) is 27.3 Å². The molecule has 2 heterocycles. The molecule has 0 saturated carbocycles. The molecule has 0 aliphatic carbocycles. The number of carbonyl (C=O) groups excluding carboxylic acids is 2. The Morgan fingerprint density at radius 3 is 2.39 bits per heavy atom. The minimum absolute atomic E-state index is 0.0362. The highest BCUT2D eigenvalue weighted by Crippen LogP contribution is 2.31. The number of aromatic nitrogens is 2. The number of amides is 2. The number of pyridine rings is 1. The lowest BCUT2D eigenvalue weighted by Crippen LogP contribution is -2.40. The summed E-state index contributed by atoms with van der Waals surface area (Å²) < 4.78 is 57.0. The molecule has 2 amide bonds. The van der Waals surface area contributed by atoms with E-state index in [1.807, 2.05) is 0 Å². The van der Waals surface area contributed by atoms with Gasteiger partial charge in [-0.05, 0) is 92.4 Å². The van der Waals surface area contributed by atoms with Gasteiger partial charge >= 0.3 is 0 Å². The van der Waals surface area contributed by atoms with Gasteiger partial charge in [0, 0.05) is 40.5 Å². The Hall–Kier alpha value is -4.99. The summed E-state index contributed by atoms with van der Waals surface area (Å²) >= 11 is 0. The smallest absolute Gasteiger partial charge is 0.254 e. The van der Waals surface area contributed by atoms with E-state index < -0.39 is 46.7 Å². The fourth-order valence-electron chi connectivity index (χ4n) is 5.11. The van der Waals surface area contributed by atoms with E-state index in [2.05, 4.69) is 20.6 Å². The number of benzene rings is 3. The van der Waals surface area contributed by atoms with E-state index in [4.69, 9.17) is 0 Å². The number of H-pyrrole nitrogens is 1. The van der Waals surface area contributed by atoms with Gasteiger partial charge < -0.3 is 15.6 Å². The van der Waals surface area contributed by atoms with Gasteiger partial charge in [-0.15, -0.1) is 0 Å². The Morgan fingerprint density at radius 2 is 1.66 bits per heavy atom. The lowest BCUT2D eigenvalue weighted by molar-refractivity contribution is -0.121. The van der Waals surface area contributed by atoms with E-state index in [0.29, 0.717) is 33.3 Å². The van der Waals surface area contributed by atoms with E-state index in [0.717, 1.165) is 6.07 Å². The van der Waals surface area contributed by atoms with Crippen LogP contribution in [-0.2, 0) is 17.6 Å². The monoisotopic (exact) mass is 602 g/mol. The molecule has 3 aromatic carbocycles. The molecule has 3 N–H and O–H groups in total. The summed E-state index contributed by atoms with van der Waals surface area (Å²) in [6.45, 7) is 5.34. The molecule has 5 aromatic rings. The first-order chi connectivity index (χ1) is 20.9. The second kappa shape index (κ2) is 12.3. The third kappa shape index (κ3) is 7.14. The van der Waals surface area contributed by atoms with Crippen molar-refractivity contribution in [2.24, 2.45) is 0 Å². The lowest BCUT2D eigenvalue weighted by atomic mass is 9.94. The maximum Gasteiger partial charge on any atom is 0.254 e. The summed E-state index contributed by atoms with van der Waals surface area (Å²) in [5.74, 6) is -3.76. The van der Waals surface area contributed by atoms with Crippen molar-refractivity contribution in [1.29, 1.82) is 0 Å². The molecule has 5 rings (SSSR count). The Morgan fingerprint density at radius 1 is 0.909 bits per heavy atom. The maximum atomic E-state index is 14.8. The van der Waals surface area contributed by atoms with Crippen LogP contribution >= 0.6 is 0 Å². The van der Waals surface area contributed by atoms with Gasteiger partial charge in [-0.3, -0.25) is 14.6 Å². The number of rotatable bonds is 8. The molecule has 0 fully saturated rings. The van der Waals surface area contributed by atoms with Crippen molar-refractivity contribution in [2.45, 2.75) is 45.2 Å². The van der Waals surface area contributed by atoms with Gasteiger partial charge in [0.2, 0.25) is 5.91 Å². The summed E-state index contributed by atoms with van der Waals surface area (Å²) in [5.41, 5.74) is 1.97. The van der Waals surface area contributed by atoms with Crippen molar-refractivity contribution in [1.82, 2.24) is 20.6 Å². The molecule has 0 aliphatic rings. The number of hydrogen-bond donors (Lipinski definition) is 3. The number of nitrogens with one attached hydrogen (secondary N) is 3. The minimum Gasteiger partial charge on any atom is -0.361 e. The molecule has 1 atom stereocenters. The Balaban J connectivity index is 1.52. The van der Waals surface area contributed by atoms with Crippen molar-refractivity contribution in [3.63, 3.8) is 0 Å². The number of hydrogen-bond acceptors (Lipinski definition) is 3. The van der Waals surface area contributed by atoms with Crippen LogP contribution in [0.1, 0.15) is 54.0 Å². The highest BCUT2D eigenvalue weighted by atomic mass is 19.1. The zero-order valence-electron chi connectivity index (χ0n) is 24.3. The number of nitrogens with zero attached hydrogens (tertiary/aromatic N) is 1. The molecule has 10 heteroatoms. The van der Waals surface area contributed by atoms with Crippen LogP contribution < -0.4 is 10.6 Å². The first-order valence-corrected chi connectivity index (χ1v) is 13.9. The lowest BCUT2D eigenvalue weighted by Gasteiger charge is -2.23. The second-order valence-corrected chi connectivity index (χ2v) is 11.6. The number of carbonyl (C=O) groups is 2. The number of fused-ring (bicyclic) bond motifs is 1. The average Bonchev–Trinajstić information content (AvgIpc) is 3.32. The van der Waals surface area contributed by atoms with E-state index in [1.165, 1.54) is 48.7 Å². The fourth-order valence-corrected chi connectivity index (χ4v) is 5.11. The van der Waals surface area contributed by atoms with Crippen molar-refractivity contribution < 1.29 is 27.2 Å². The maximum absolute atomic E-state index is 14.8. The molecule has 2 aromatic heterocycles. The molecule has 0 radical (unpaired) electrons. The third-order valence-electron chi connectivity index (χ3n) is 6.96. The molecule has 0 saturated heterocycles. The highest BCUT2D eigenvalue weighted by Gasteiger charge is 2.24. The van der Waals surface area contributed by atoms with Gasteiger partial charge in [-0.1, -0.05) is 12.1 Å². The van der Waals surface area contributed by atoms with Crippen LogP contribution in [0.4, 0.5) is 17.6 Å². The Labute approximate surface area is 251 Å². The molecular formula is C34H30F4N4O2. The van der Waals surface area contributed by atoms with Crippen LogP contribution in [0.3, 0.4) is 0 Å². The van der Waals surface area contributed by atoms with Gasteiger partial charge in [0.1, 0.15) is 23.3 Å². The fraction of sp³-hybridized carbons (Fsp3) is 0.206. The quantitative estimate of drug-likeness (QED) is 0.168. The van der Waals surface area contributed by atoms with Gasteiger partial charge in [0.15, 0.2) is 0 Å². The zero-order valence-corrected chi connectivity index (χ0v) is 24.3. The third-order valence-corrected chi connectivity index (χ3v) is 6.96. The van der Waals surface area contributed by atoms with E-state index in [-0.39, 0.29) is 24.0 Å². The van der Waals surface area contributed by atoms with Gasteiger partial charge in [-0.2, -0.15) is 0 Å². The Kier molecular flexibility index (Phi) is 8.53. The molecular weight excluding hydrogens is 572 g/mol. The van der Waals surface area contributed by atoms with Gasteiger partial charge in [0.05, 0.1) is 23.7 Å². The molecule has 0 bridgehead atoms. The summed E-state index contributed by atoms with van der Waals surface area (Å²) in [6.07, 6.45) is 2.97. The van der Waals surface area contributed by atoms with E-state index in [1.54, 1.807) is 45.2 Å². The van der Waals surface area contributed by atoms with Gasteiger partial charge in [0.25, 0.3) is 5.91 Å². The number of aromatic amines is 1. The van der Waals surface area contributed by atoms with Crippen LogP contribution in [0.25, 0.3) is 22.0 Å². The predicted molar refractivity (Wildman–Crippen MR) is 160 cm³/mol. The molecule has 226 valence electrons. The van der Waals surface area contributed by atoms with Crippen molar-refractivity contribution >= 4 is 22.7 Å². The Bertz CT molecular complexity index is 1840. The number of halogens is 4. The standard InChI is InChI=1S/C34H30F4N4O2/c1-34(2,3)42-33(44)27-14-20(6-8-28(27)38)25-5-4-10-39-32(25)30(13-19-11-23(36)16-24(37)12-19)41-31(43)15-21-18-40-29-9-7-22(35)17-26(21)29/h4-12,14,16-18,30,40H,13,15H2,1-3H3,(H,41,43)(H,42,44). The van der Waals surface area contributed by atoms with Crippen molar-refractivity contribution in [2.75, 3.05) is 0 Å². The first-order valence-electron chi connectivity index (χ1n) is 13.9. The van der Waals surface area contributed by atoms with Crippen molar-refractivity contribution in [3.05, 3.63) is 125 Å². The van der Waals surface area contributed by atoms with Crippen LogP contribution in [0.15, 0.2) is 79.1 Å². The molecule has 6 nitrogen and oxygen atoms in total. The van der Waals surface area contributed by atoms with E-state index in [9.17, 15) is 27.2 Å². The average molecular weight is 603 g/mol. The SMILES string of the molecule is CC(C)(C)NC(=O)c1cc(-c2cccnc2C(Cc2cc(F)cc(F)c2)NC(=O)Cc2c[nH]c3ccc(F)cc23)ccc1F. The first kappa shape index (κ1) is 30.5. The topological polar surface area (TPSA) is 86.9 Å². The minimum atomic E-state index is -0.890. The zero-order chi connectivity index (χ0) is 31.6. The van der Waals surface area contributed by atoms with Crippen molar-refractivity contribution in [3.8, 4) is 11.1 Å². The summed E-state index contributed by atoms with van der Waals surface area (Å²) in [7, 11) is 0. The predicted octanol–water partition coefficient (Wildman–Crippen LogP) is 6.96. The van der Waals surface area contributed by atoms with E-state index >= 15 is 0 Å². The second-order valence-electron chi connectivity index (χ2n) is 11.6. The molecule has 0 spiro atoms. The van der Waals surface area contributed by atoms with Gasteiger partial charge in [-0.25, -0.2) is 17.6 Å². The highest BCUT2D eigenvalue weighted by molar-refractivity contribution is 5.96. The molecule has 0 aliphatic heterocycles. The summed E-state index contributed by atoms with van der Waals surface area (Å²) in [5, 5.41) is 6.22. The van der Waals surface area contributed by atoms with Crippen LogP contribution in [0.2, 0.25) is 0 Å². The largest absolute Gasteiger partial charge is 0.361 e. The summed E-state index contributed by atoms with van der Waals surface area (Å²) in [6, 6.07) is 13.8. The van der Waals surface area contributed by atoms with Crippen LogP contribution in [0, 0.1) is 23.3 Å². The molecule has 1 unspecified atom stereocenters. The van der Waals surface area contributed by atoms with Crippen LogP contribution in [0.5, 0.6) is 0 Å².